The van der Waals surface area contributed by atoms with E-state index in [1.165, 1.54) is 5.56 Å². The van der Waals surface area contributed by atoms with E-state index in [0.29, 0.717) is 5.92 Å². The third-order valence-corrected chi connectivity index (χ3v) is 3.34. The van der Waals surface area contributed by atoms with Gasteiger partial charge in [-0.3, -0.25) is 0 Å². The standard InChI is InChI=1S/C9H8ClIO/c10-7-1-2-9-8(3-7)6(4-11)5-12-9/h1-3,6H,4-5H2. The fourth-order valence-corrected chi connectivity index (χ4v) is 2.29. The molecule has 0 fully saturated rings. The van der Waals surface area contributed by atoms with Crippen molar-refractivity contribution in [2.24, 2.45) is 0 Å². The zero-order chi connectivity index (χ0) is 8.55. The van der Waals surface area contributed by atoms with Crippen LogP contribution in [-0.2, 0) is 0 Å². The van der Waals surface area contributed by atoms with Gasteiger partial charge in [0.25, 0.3) is 0 Å². The van der Waals surface area contributed by atoms with Crippen LogP contribution in [0.1, 0.15) is 11.5 Å². The second-order valence-electron chi connectivity index (χ2n) is 2.84. The summed E-state index contributed by atoms with van der Waals surface area (Å²) < 4.78 is 6.58. The second kappa shape index (κ2) is 3.42. The summed E-state index contributed by atoms with van der Waals surface area (Å²) in [5.41, 5.74) is 1.26. The summed E-state index contributed by atoms with van der Waals surface area (Å²) in [6.07, 6.45) is 0. The van der Waals surface area contributed by atoms with Crippen LogP contribution in [0.25, 0.3) is 0 Å². The highest BCUT2D eigenvalue weighted by Gasteiger charge is 2.22. The first-order valence-corrected chi connectivity index (χ1v) is 5.70. The monoisotopic (exact) mass is 294 g/mol. The molecule has 0 N–H and O–H groups in total. The van der Waals surface area contributed by atoms with Gasteiger partial charge in [0, 0.05) is 20.9 Å². The van der Waals surface area contributed by atoms with E-state index in [4.69, 9.17) is 16.3 Å². The van der Waals surface area contributed by atoms with Gasteiger partial charge in [0.05, 0.1) is 6.61 Å². The number of hydrogen-bond donors (Lipinski definition) is 0. The molecule has 0 amide bonds. The molecule has 1 aliphatic rings. The van der Waals surface area contributed by atoms with Gasteiger partial charge in [0.15, 0.2) is 0 Å². The molecule has 1 nitrogen and oxygen atoms in total. The largest absolute Gasteiger partial charge is 0.493 e. The number of ether oxygens (including phenoxy) is 1. The minimum absolute atomic E-state index is 0.527. The first kappa shape index (κ1) is 8.63. The minimum atomic E-state index is 0.527. The number of fused-ring (bicyclic) bond motifs is 1. The maximum Gasteiger partial charge on any atom is 0.123 e. The van der Waals surface area contributed by atoms with Crippen molar-refractivity contribution in [3.63, 3.8) is 0 Å². The summed E-state index contributed by atoms with van der Waals surface area (Å²) in [6, 6.07) is 5.83. The average molecular weight is 295 g/mol. The van der Waals surface area contributed by atoms with Crippen LogP contribution in [0.2, 0.25) is 5.02 Å². The van der Waals surface area contributed by atoms with Crippen LogP contribution in [0.4, 0.5) is 0 Å². The summed E-state index contributed by atoms with van der Waals surface area (Å²) in [5.74, 6) is 1.53. The topological polar surface area (TPSA) is 9.23 Å². The molecule has 64 valence electrons. The van der Waals surface area contributed by atoms with Crippen molar-refractivity contribution < 1.29 is 4.74 Å². The van der Waals surface area contributed by atoms with Crippen LogP contribution in [0.15, 0.2) is 18.2 Å². The van der Waals surface area contributed by atoms with Gasteiger partial charge in [-0.05, 0) is 18.2 Å². The van der Waals surface area contributed by atoms with Gasteiger partial charge in [-0.1, -0.05) is 34.2 Å². The van der Waals surface area contributed by atoms with E-state index in [1.807, 2.05) is 18.2 Å². The Balaban J connectivity index is 2.42. The Hall–Kier alpha value is 0.0400. The van der Waals surface area contributed by atoms with Crippen molar-refractivity contribution in [3.8, 4) is 5.75 Å². The van der Waals surface area contributed by atoms with E-state index >= 15 is 0 Å². The van der Waals surface area contributed by atoms with Gasteiger partial charge in [0.1, 0.15) is 5.75 Å². The molecule has 1 atom stereocenters. The molecule has 2 rings (SSSR count). The number of alkyl halides is 1. The summed E-state index contributed by atoms with van der Waals surface area (Å²) in [7, 11) is 0. The average Bonchev–Trinajstić information content (AvgIpc) is 2.46. The molecule has 0 radical (unpaired) electrons. The molecule has 1 aromatic rings. The molecule has 1 heterocycles. The molecule has 0 spiro atoms. The molecular weight excluding hydrogens is 286 g/mol. The lowest BCUT2D eigenvalue weighted by Gasteiger charge is -2.02. The predicted octanol–water partition coefficient (Wildman–Crippen LogP) is 3.25. The summed E-state index contributed by atoms with van der Waals surface area (Å²) in [5, 5.41) is 0.800. The van der Waals surface area contributed by atoms with Gasteiger partial charge >= 0.3 is 0 Å². The fraction of sp³-hybridized carbons (Fsp3) is 0.333. The maximum absolute atomic E-state index is 5.89. The molecule has 0 saturated carbocycles. The zero-order valence-electron chi connectivity index (χ0n) is 6.39. The van der Waals surface area contributed by atoms with Crippen LogP contribution >= 0.6 is 34.2 Å². The van der Waals surface area contributed by atoms with Gasteiger partial charge < -0.3 is 4.74 Å². The Morgan fingerprint density at radius 2 is 2.42 bits per heavy atom. The highest BCUT2D eigenvalue weighted by Crippen LogP contribution is 2.36. The lowest BCUT2D eigenvalue weighted by molar-refractivity contribution is 0.339. The van der Waals surface area contributed by atoms with E-state index in [9.17, 15) is 0 Å². The fourth-order valence-electron chi connectivity index (χ4n) is 1.38. The van der Waals surface area contributed by atoms with Crippen molar-refractivity contribution in [3.05, 3.63) is 28.8 Å². The van der Waals surface area contributed by atoms with Gasteiger partial charge in [-0.25, -0.2) is 0 Å². The van der Waals surface area contributed by atoms with Crippen LogP contribution in [-0.4, -0.2) is 11.0 Å². The molecule has 0 aromatic heterocycles. The van der Waals surface area contributed by atoms with E-state index < -0.39 is 0 Å². The lowest BCUT2D eigenvalue weighted by atomic mass is 10.0. The molecule has 0 saturated heterocycles. The Morgan fingerprint density at radius 3 is 3.17 bits per heavy atom. The smallest absolute Gasteiger partial charge is 0.123 e. The van der Waals surface area contributed by atoms with E-state index in [1.54, 1.807) is 0 Å². The van der Waals surface area contributed by atoms with Gasteiger partial charge in [-0.15, -0.1) is 0 Å². The third kappa shape index (κ3) is 1.42. The lowest BCUT2D eigenvalue weighted by Crippen LogP contribution is -2.00. The van der Waals surface area contributed by atoms with E-state index in [-0.39, 0.29) is 0 Å². The first-order chi connectivity index (χ1) is 5.81. The van der Waals surface area contributed by atoms with Crippen molar-refractivity contribution in [2.75, 3.05) is 11.0 Å². The van der Waals surface area contributed by atoms with E-state index in [2.05, 4.69) is 22.6 Å². The van der Waals surface area contributed by atoms with Gasteiger partial charge in [0.2, 0.25) is 0 Å². The number of hydrogen-bond acceptors (Lipinski definition) is 1. The quantitative estimate of drug-likeness (QED) is 0.571. The molecule has 12 heavy (non-hydrogen) atoms. The normalized spacial score (nSPS) is 20.3. The van der Waals surface area contributed by atoms with Crippen LogP contribution < -0.4 is 4.74 Å². The van der Waals surface area contributed by atoms with Crippen molar-refractivity contribution in [2.45, 2.75) is 5.92 Å². The number of benzene rings is 1. The van der Waals surface area contributed by atoms with Gasteiger partial charge in [-0.2, -0.15) is 0 Å². The Bertz CT molecular complexity index is 301. The van der Waals surface area contributed by atoms with Crippen molar-refractivity contribution in [1.29, 1.82) is 0 Å². The highest BCUT2D eigenvalue weighted by molar-refractivity contribution is 14.1. The molecular formula is C9H8ClIO. The third-order valence-electron chi connectivity index (χ3n) is 2.04. The summed E-state index contributed by atoms with van der Waals surface area (Å²) >= 11 is 8.26. The summed E-state index contributed by atoms with van der Waals surface area (Å²) in [6.45, 7) is 0.804. The second-order valence-corrected chi connectivity index (χ2v) is 4.16. The highest BCUT2D eigenvalue weighted by atomic mass is 127. The van der Waals surface area contributed by atoms with Crippen molar-refractivity contribution in [1.82, 2.24) is 0 Å². The Morgan fingerprint density at radius 1 is 1.58 bits per heavy atom. The molecule has 0 aliphatic carbocycles. The number of halogens is 2. The number of rotatable bonds is 1. The summed E-state index contributed by atoms with van der Waals surface area (Å²) in [4.78, 5) is 0. The van der Waals surface area contributed by atoms with Crippen molar-refractivity contribution >= 4 is 34.2 Å². The Labute approximate surface area is 90.2 Å². The maximum atomic E-state index is 5.89. The zero-order valence-corrected chi connectivity index (χ0v) is 9.30. The molecule has 1 aromatic carbocycles. The SMILES string of the molecule is Clc1ccc2c(c1)C(CI)CO2. The molecule has 1 unspecified atom stereocenters. The first-order valence-electron chi connectivity index (χ1n) is 3.79. The molecule has 1 aliphatic heterocycles. The van der Waals surface area contributed by atoms with E-state index in [0.717, 1.165) is 21.8 Å². The molecule has 0 bridgehead atoms. The minimum Gasteiger partial charge on any atom is -0.493 e. The predicted molar refractivity (Wildman–Crippen MR) is 58.6 cm³/mol. The van der Waals surface area contributed by atoms with Crippen LogP contribution in [0.3, 0.4) is 0 Å². The van der Waals surface area contributed by atoms with Crippen LogP contribution in [0.5, 0.6) is 5.75 Å². The Kier molecular flexibility index (Phi) is 2.46. The van der Waals surface area contributed by atoms with Crippen LogP contribution in [0, 0.1) is 0 Å². The molecule has 3 heteroatoms.